The third-order valence-electron chi connectivity index (χ3n) is 3.44. The van der Waals surface area contributed by atoms with Gasteiger partial charge in [-0.2, -0.15) is 0 Å². The fraction of sp³-hybridized carbons (Fsp3) is 0.467. The van der Waals surface area contributed by atoms with E-state index < -0.39 is 0 Å². The number of nitrogens with one attached hydrogen (secondary N) is 1. The van der Waals surface area contributed by atoms with Crippen molar-refractivity contribution in [1.82, 2.24) is 10.2 Å². The van der Waals surface area contributed by atoms with Gasteiger partial charge in [0.2, 0.25) is 5.91 Å². The lowest BCUT2D eigenvalue weighted by atomic mass is 10.0. The molecule has 1 aliphatic rings. The number of carbonyl (C=O) groups excluding carboxylic acids is 2. The molecule has 0 unspecified atom stereocenters. The second-order valence-electron chi connectivity index (χ2n) is 4.81. The molecule has 1 aromatic carbocycles. The molecule has 1 N–H and O–H groups in total. The van der Waals surface area contributed by atoms with Crippen LogP contribution in [0.25, 0.3) is 0 Å². The molecule has 0 radical (unpaired) electrons. The van der Waals surface area contributed by atoms with E-state index in [0.717, 1.165) is 23.5 Å². The Kier molecular flexibility index (Phi) is 5.50. The lowest BCUT2D eigenvalue weighted by Crippen LogP contribution is -2.38. The van der Waals surface area contributed by atoms with Crippen molar-refractivity contribution >= 4 is 22.9 Å². The fourth-order valence-electron chi connectivity index (χ4n) is 2.34. The average molecular weight is 308 g/mol. The molecule has 0 aliphatic carbocycles. The van der Waals surface area contributed by atoms with E-state index in [-0.39, 0.29) is 23.7 Å². The standard InChI is InChI=1S/C15H20N2O3S/c1-3-12(11-6-4-5-7-13(11)20-2)16-14(18)10-17-8-9-21-15(17)19/h4-7,12H,3,8-10H2,1-2H3,(H,16,18)/t12-/m1/s1. The summed E-state index contributed by atoms with van der Waals surface area (Å²) in [7, 11) is 1.62. The van der Waals surface area contributed by atoms with Gasteiger partial charge in [0.25, 0.3) is 5.24 Å². The molecule has 1 fully saturated rings. The van der Waals surface area contributed by atoms with Crippen molar-refractivity contribution in [2.24, 2.45) is 0 Å². The van der Waals surface area contributed by atoms with Crippen molar-refractivity contribution in [3.8, 4) is 5.75 Å². The van der Waals surface area contributed by atoms with E-state index in [9.17, 15) is 9.59 Å². The Morgan fingerprint density at radius 3 is 2.86 bits per heavy atom. The molecule has 6 heteroatoms. The van der Waals surface area contributed by atoms with E-state index in [1.807, 2.05) is 31.2 Å². The van der Waals surface area contributed by atoms with Crippen molar-refractivity contribution in [2.45, 2.75) is 19.4 Å². The normalized spacial score (nSPS) is 15.9. The quantitative estimate of drug-likeness (QED) is 0.877. The first kappa shape index (κ1) is 15.7. The van der Waals surface area contributed by atoms with Crippen molar-refractivity contribution in [1.29, 1.82) is 0 Å². The predicted molar refractivity (Wildman–Crippen MR) is 83.6 cm³/mol. The van der Waals surface area contributed by atoms with Gasteiger partial charge in [0.15, 0.2) is 0 Å². The molecular weight excluding hydrogens is 288 g/mol. The summed E-state index contributed by atoms with van der Waals surface area (Å²) in [6.45, 7) is 2.77. The third kappa shape index (κ3) is 3.91. The van der Waals surface area contributed by atoms with Crippen LogP contribution in [-0.2, 0) is 4.79 Å². The van der Waals surface area contributed by atoms with E-state index >= 15 is 0 Å². The monoisotopic (exact) mass is 308 g/mol. The number of rotatable bonds is 6. The SMILES string of the molecule is CC[C@@H](NC(=O)CN1CCSC1=O)c1ccccc1OC. The van der Waals surface area contributed by atoms with Crippen LogP contribution >= 0.6 is 11.8 Å². The summed E-state index contributed by atoms with van der Waals surface area (Å²) in [6, 6.07) is 7.54. The van der Waals surface area contributed by atoms with E-state index in [2.05, 4.69) is 5.32 Å². The first-order chi connectivity index (χ1) is 10.2. The van der Waals surface area contributed by atoms with Crippen LogP contribution in [0.1, 0.15) is 24.9 Å². The minimum Gasteiger partial charge on any atom is -0.496 e. The zero-order chi connectivity index (χ0) is 15.2. The predicted octanol–water partition coefficient (Wildman–Crippen LogP) is 2.43. The Morgan fingerprint density at radius 2 is 2.24 bits per heavy atom. The van der Waals surface area contributed by atoms with Gasteiger partial charge in [-0.15, -0.1) is 0 Å². The van der Waals surface area contributed by atoms with Gasteiger partial charge in [0.1, 0.15) is 12.3 Å². The maximum absolute atomic E-state index is 12.1. The van der Waals surface area contributed by atoms with Gasteiger partial charge >= 0.3 is 0 Å². The Bertz CT molecular complexity index is 521. The molecule has 0 saturated carbocycles. The zero-order valence-corrected chi connectivity index (χ0v) is 13.1. The summed E-state index contributed by atoms with van der Waals surface area (Å²) in [5.41, 5.74) is 0.956. The maximum atomic E-state index is 12.1. The van der Waals surface area contributed by atoms with E-state index in [1.54, 1.807) is 12.0 Å². The molecule has 0 spiro atoms. The molecule has 0 bridgehead atoms. The molecular formula is C15H20N2O3S. The highest BCUT2D eigenvalue weighted by molar-refractivity contribution is 8.13. The minimum atomic E-state index is -0.136. The number of carbonyl (C=O) groups is 2. The van der Waals surface area contributed by atoms with Crippen molar-refractivity contribution in [3.05, 3.63) is 29.8 Å². The molecule has 1 saturated heterocycles. The highest BCUT2D eigenvalue weighted by Gasteiger charge is 2.24. The van der Waals surface area contributed by atoms with Gasteiger partial charge < -0.3 is 15.0 Å². The molecule has 2 rings (SSSR count). The van der Waals surface area contributed by atoms with Crippen LogP contribution < -0.4 is 10.1 Å². The smallest absolute Gasteiger partial charge is 0.282 e. The van der Waals surface area contributed by atoms with Gasteiger partial charge in [-0.25, -0.2) is 0 Å². The lowest BCUT2D eigenvalue weighted by Gasteiger charge is -2.21. The first-order valence-electron chi connectivity index (χ1n) is 6.99. The average Bonchev–Trinajstić information content (AvgIpc) is 2.90. The highest BCUT2D eigenvalue weighted by atomic mass is 32.2. The van der Waals surface area contributed by atoms with Crippen LogP contribution in [0.2, 0.25) is 0 Å². The third-order valence-corrected chi connectivity index (χ3v) is 4.33. The van der Waals surface area contributed by atoms with Gasteiger partial charge in [-0.3, -0.25) is 9.59 Å². The number of hydrogen-bond acceptors (Lipinski definition) is 4. The van der Waals surface area contributed by atoms with Gasteiger partial charge in [0.05, 0.1) is 13.2 Å². The minimum absolute atomic E-state index is 0.0181. The van der Waals surface area contributed by atoms with E-state index in [1.165, 1.54) is 11.8 Å². The highest BCUT2D eigenvalue weighted by Crippen LogP contribution is 2.26. The summed E-state index contributed by atoms with van der Waals surface area (Å²) in [5.74, 6) is 1.39. The summed E-state index contributed by atoms with van der Waals surface area (Å²) in [6.07, 6.45) is 0.759. The largest absolute Gasteiger partial charge is 0.496 e. The number of benzene rings is 1. The second kappa shape index (κ2) is 7.36. The summed E-state index contributed by atoms with van der Waals surface area (Å²) >= 11 is 1.26. The van der Waals surface area contributed by atoms with Crippen LogP contribution in [0, 0.1) is 0 Å². The summed E-state index contributed by atoms with van der Waals surface area (Å²) in [5, 5.41) is 2.96. The summed E-state index contributed by atoms with van der Waals surface area (Å²) in [4.78, 5) is 25.2. The van der Waals surface area contributed by atoms with Crippen molar-refractivity contribution < 1.29 is 14.3 Å². The molecule has 1 atom stereocenters. The summed E-state index contributed by atoms with van der Waals surface area (Å²) < 4.78 is 5.34. The topological polar surface area (TPSA) is 58.6 Å². The van der Waals surface area contributed by atoms with E-state index in [0.29, 0.717) is 6.54 Å². The molecule has 1 aromatic rings. The Labute approximate surface area is 129 Å². The number of nitrogens with zero attached hydrogens (tertiary/aromatic N) is 1. The molecule has 2 amide bonds. The first-order valence-corrected chi connectivity index (χ1v) is 7.98. The van der Waals surface area contributed by atoms with Crippen molar-refractivity contribution in [3.63, 3.8) is 0 Å². The Balaban J connectivity index is 2.01. The van der Waals surface area contributed by atoms with Crippen LogP contribution in [-0.4, -0.2) is 42.0 Å². The number of thioether (sulfide) groups is 1. The van der Waals surface area contributed by atoms with Gasteiger partial charge in [-0.1, -0.05) is 36.9 Å². The number of hydrogen-bond donors (Lipinski definition) is 1. The Hall–Kier alpha value is -1.69. The molecule has 1 aliphatic heterocycles. The molecule has 1 heterocycles. The van der Waals surface area contributed by atoms with Crippen molar-refractivity contribution in [2.75, 3.05) is 26.0 Å². The molecule has 21 heavy (non-hydrogen) atoms. The Morgan fingerprint density at radius 1 is 1.48 bits per heavy atom. The molecule has 0 aromatic heterocycles. The van der Waals surface area contributed by atoms with Crippen LogP contribution in [0.4, 0.5) is 4.79 Å². The zero-order valence-electron chi connectivity index (χ0n) is 12.3. The fourth-order valence-corrected chi connectivity index (χ4v) is 3.16. The van der Waals surface area contributed by atoms with Crippen LogP contribution in [0.5, 0.6) is 5.75 Å². The number of methoxy groups -OCH3 is 1. The molecule has 114 valence electrons. The van der Waals surface area contributed by atoms with Crippen LogP contribution in [0.3, 0.4) is 0 Å². The van der Waals surface area contributed by atoms with Gasteiger partial charge in [0, 0.05) is 17.9 Å². The number of ether oxygens (including phenoxy) is 1. The number of amides is 2. The van der Waals surface area contributed by atoms with Gasteiger partial charge in [-0.05, 0) is 12.5 Å². The van der Waals surface area contributed by atoms with Crippen LogP contribution in [0.15, 0.2) is 24.3 Å². The maximum Gasteiger partial charge on any atom is 0.282 e. The molecule has 5 nitrogen and oxygen atoms in total. The van der Waals surface area contributed by atoms with E-state index in [4.69, 9.17) is 4.74 Å². The second-order valence-corrected chi connectivity index (χ2v) is 5.85. The lowest BCUT2D eigenvalue weighted by molar-refractivity contribution is -0.122. The number of para-hydroxylation sites is 1.